The normalized spacial score (nSPS) is 14.6. The Morgan fingerprint density at radius 3 is 2.72 bits per heavy atom. The molecule has 0 aliphatic carbocycles. The summed E-state index contributed by atoms with van der Waals surface area (Å²) in [5.74, 6) is 0. The summed E-state index contributed by atoms with van der Waals surface area (Å²) in [5, 5.41) is 2.29. The summed E-state index contributed by atoms with van der Waals surface area (Å²) < 4.78 is 5.70. The van der Waals surface area contributed by atoms with Gasteiger partial charge in [-0.1, -0.05) is 31.2 Å². The van der Waals surface area contributed by atoms with E-state index < -0.39 is 0 Å². The number of rotatable bonds is 5. The molecule has 3 heteroatoms. The molecule has 0 aliphatic heterocycles. The van der Waals surface area contributed by atoms with E-state index in [1.165, 1.54) is 0 Å². The molecule has 96 valence electrons. The maximum atomic E-state index is 6.34. The monoisotopic (exact) mass is 244 g/mol. The summed E-state index contributed by atoms with van der Waals surface area (Å²) in [6.07, 6.45) is 4.67. The van der Waals surface area contributed by atoms with Crippen molar-refractivity contribution in [3.63, 3.8) is 0 Å². The highest BCUT2D eigenvalue weighted by Crippen LogP contribution is 2.26. The Bertz CT molecular complexity index is 507. The molecule has 2 unspecified atom stereocenters. The van der Waals surface area contributed by atoms with E-state index >= 15 is 0 Å². The minimum absolute atomic E-state index is 0.0441. The van der Waals surface area contributed by atoms with Gasteiger partial charge in [-0.15, -0.1) is 0 Å². The highest BCUT2D eigenvalue weighted by atomic mass is 16.5. The first-order valence-corrected chi connectivity index (χ1v) is 6.47. The molecule has 3 nitrogen and oxygen atoms in total. The smallest absolute Gasteiger partial charge is 0.0765 e. The van der Waals surface area contributed by atoms with E-state index in [0.717, 1.165) is 22.8 Å². The molecule has 1 aromatic heterocycles. The summed E-state index contributed by atoms with van der Waals surface area (Å²) >= 11 is 0. The second-order valence-electron chi connectivity index (χ2n) is 4.38. The molecule has 0 aliphatic rings. The average Bonchev–Trinajstić information content (AvgIpc) is 2.43. The molecule has 1 heterocycles. The van der Waals surface area contributed by atoms with Crippen LogP contribution in [0.15, 0.2) is 36.7 Å². The quantitative estimate of drug-likeness (QED) is 0.879. The van der Waals surface area contributed by atoms with Gasteiger partial charge >= 0.3 is 0 Å². The number of fused-ring (bicyclic) bond motifs is 1. The lowest BCUT2D eigenvalue weighted by molar-refractivity contribution is 0.0416. The van der Waals surface area contributed by atoms with Crippen LogP contribution in [-0.4, -0.2) is 17.7 Å². The lowest BCUT2D eigenvalue weighted by Crippen LogP contribution is -2.28. The van der Waals surface area contributed by atoms with E-state index in [-0.39, 0.29) is 12.1 Å². The Hall–Kier alpha value is -1.45. The zero-order valence-corrected chi connectivity index (χ0v) is 11.0. The number of aromatic nitrogens is 1. The average molecular weight is 244 g/mol. The predicted molar refractivity (Wildman–Crippen MR) is 74.4 cm³/mol. The van der Waals surface area contributed by atoms with E-state index in [1.807, 2.05) is 31.5 Å². The number of ether oxygens (including phenoxy) is 1. The zero-order chi connectivity index (χ0) is 13.0. The van der Waals surface area contributed by atoms with Crippen molar-refractivity contribution >= 4 is 10.8 Å². The number of pyridine rings is 1. The van der Waals surface area contributed by atoms with Gasteiger partial charge in [0.05, 0.1) is 12.1 Å². The molecule has 0 radical (unpaired) electrons. The van der Waals surface area contributed by atoms with Gasteiger partial charge in [-0.25, -0.2) is 0 Å². The van der Waals surface area contributed by atoms with Crippen LogP contribution in [0.3, 0.4) is 0 Å². The molecule has 0 bridgehead atoms. The van der Waals surface area contributed by atoms with E-state index in [0.29, 0.717) is 6.61 Å². The first-order valence-electron chi connectivity index (χ1n) is 6.47. The SMILES string of the molecule is CCOC(CC)C(N)c1cncc2ccccc12. The Balaban J connectivity index is 2.40. The van der Waals surface area contributed by atoms with Crippen LogP contribution in [0, 0.1) is 0 Å². The van der Waals surface area contributed by atoms with E-state index in [4.69, 9.17) is 10.5 Å². The highest BCUT2D eigenvalue weighted by Gasteiger charge is 2.20. The van der Waals surface area contributed by atoms with Gasteiger partial charge in [0.25, 0.3) is 0 Å². The van der Waals surface area contributed by atoms with Crippen LogP contribution in [0.2, 0.25) is 0 Å². The summed E-state index contributed by atoms with van der Waals surface area (Å²) in [6.45, 7) is 4.78. The topological polar surface area (TPSA) is 48.1 Å². The Morgan fingerprint density at radius 1 is 1.22 bits per heavy atom. The van der Waals surface area contributed by atoms with Crippen LogP contribution < -0.4 is 5.73 Å². The van der Waals surface area contributed by atoms with Crippen LogP contribution in [0.1, 0.15) is 31.9 Å². The summed E-state index contributed by atoms with van der Waals surface area (Å²) in [4.78, 5) is 4.28. The third kappa shape index (κ3) is 2.52. The molecule has 2 atom stereocenters. The minimum atomic E-state index is -0.131. The molecule has 0 amide bonds. The van der Waals surface area contributed by atoms with Gasteiger partial charge in [0.2, 0.25) is 0 Å². The van der Waals surface area contributed by atoms with Crippen molar-refractivity contribution in [1.82, 2.24) is 4.98 Å². The lowest BCUT2D eigenvalue weighted by Gasteiger charge is -2.23. The fraction of sp³-hybridized carbons (Fsp3) is 0.400. The van der Waals surface area contributed by atoms with Crippen molar-refractivity contribution in [2.75, 3.05) is 6.61 Å². The van der Waals surface area contributed by atoms with Gasteiger partial charge in [0.1, 0.15) is 0 Å². The number of hydrogen-bond donors (Lipinski definition) is 1. The van der Waals surface area contributed by atoms with E-state index in [1.54, 1.807) is 0 Å². The van der Waals surface area contributed by atoms with Crippen LogP contribution in [0.4, 0.5) is 0 Å². The minimum Gasteiger partial charge on any atom is -0.377 e. The van der Waals surface area contributed by atoms with Crippen molar-refractivity contribution in [2.24, 2.45) is 5.73 Å². The summed E-state index contributed by atoms with van der Waals surface area (Å²) in [6, 6.07) is 8.05. The maximum Gasteiger partial charge on any atom is 0.0765 e. The van der Waals surface area contributed by atoms with Gasteiger partial charge in [-0.3, -0.25) is 4.98 Å². The molecule has 2 rings (SSSR count). The molecule has 0 fully saturated rings. The first kappa shape index (κ1) is 13.0. The molecule has 1 aromatic carbocycles. The van der Waals surface area contributed by atoms with Gasteiger partial charge in [0, 0.05) is 24.4 Å². The number of nitrogens with zero attached hydrogens (tertiary/aromatic N) is 1. The molecule has 2 N–H and O–H groups in total. The number of nitrogens with two attached hydrogens (primary N) is 1. The lowest BCUT2D eigenvalue weighted by atomic mass is 9.97. The van der Waals surface area contributed by atoms with E-state index in [2.05, 4.69) is 24.0 Å². The summed E-state index contributed by atoms with van der Waals surface area (Å²) in [7, 11) is 0. The van der Waals surface area contributed by atoms with Crippen LogP contribution in [0.25, 0.3) is 10.8 Å². The Labute approximate surface area is 108 Å². The maximum absolute atomic E-state index is 6.34. The standard InChI is InChI=1S/C15H20N2O/c1-3-14(18-4-2)15(16)13-10-17-9-11-7-5-6-8-12(11)13/h5-10,14-15H,3-4,16H2,1-2H3. The van der Waals surface area contributed by atoms with Crippen LogP contribution >= 0.6 is 0 Å². The molecule has 18 heavy (non-hydrogen) atoms. The third-order valence-electron chi connectivity index (χ3n) is 3.24. The second kappa shape index (κ2) is 5.94. The van der Waals surface area contributed by atoms with Crippen molar-refractivity contribution in [3.05, 3.63) is 42.2 Å². The first-order chi connectivity index (χ1) is 8.77. The van der Waals surface area contributed by atoms with Crippen LogP contribution in [-0.2, 0) is 4.74 Å². The largest absolute Gasteiger partial charge is 0.377 e. The molecule has 0 spiro atoms. The van der Waals surface area contributed by atoms with Crippen LogP contribution in [0.5, 0.6) is 0 Å². The molecule has 0 saturated heterocycles. The van der Waals surface area contributed by atoms with Gasteiger partial charge in [-0.05, 0) is 24.3 Å². The van der Waals surface area contributed by atoms with Crippen molar-refractivity contribution < 1.29 is 4.74 Å². The zero-order valence-electron chi connectivity index (χ0n) is 11.0. The third-order valence-corrected chi connectivity index (χ3v) is 3.24. The van der Waals surface area contributed by atoms with Gasteiger partial charge in [-0.2, -0.15) is 0 Å². The molecular formula is C15H20N2O. The van der Waals surface area contributed by atoms with Gasteiger partial charge < -0.3 is 10.5 Å². The molecule has 2 aromatic rings. The second-order valence-corrected chi connectivity index (χ2v) is 4.38. The van der Waals surface area contributed by atoms with Crippen molar-refractivity contribution in [2.45, 2.75) is 32.4 Å². The van der Waals surface area contributed by atoms with Gasteiger partial charge in [0.15, 0.2) is 0 Å². The number of benzene rings is 1. The predicted octanol–water partition coefficient (Wildman–Crippen LogP) is 3.05. The Morgan fingerprint density at radius 2 is 2.00 bits per heavy atom. The number of hydrogen-bond acceptors (Lipinski definition) is 3. The van der Waals surface area contributed by atoms with Crippen molar-refractivity contribution in [1.29, 1.82) is 0 Å². The fourth-order valence-electron chi connectivity index (χ4n) is 2.30. The summed E-state index contributed by atoms with van der Waals surface area (Å²) in [5.41, 5.74) is 7.40. The Kier molecular flexibility index (Phi) is 4.28. The molecular weight excluding hydrogens is 224 g/mol. The van der Waals surface area contributed by atoms with E-state index in [9.17, 15) is 0 Å². The molecule has 0 saturated carbocycles. The highest BCUT2D eigenvalue weighted by molar-refractivity contribution is 5.85. The fourth-order valence-corrected chi connectivity index (χ4v) is 2.30. The van der Waals surface area contributed by atoms with Crippen molar-refractivity contribution in [3.8, 4) is 0 Å².